The monoisotopic (exact) mass is 168 g/mol. The lowest BCUT2D eigenvalue weighted by Gasteiger charge is -1.95. The van der Waals surface area contributed by atoms with Gasteiger partial charge in [-0.25, -0.2) is 0 Å². The first-order valence-electron chi connectivity index (χ1n) is 4.99. The van der Waals surface area contributed by atoms with E-state index in [0.717, 1.165) is 30.6 Å². The highest BCUT2D eigenvalue weighted by molar-refractivity contribution is 5.66. The van der Waals surface area contributed by atoms with E-state index in [9.17, 15) is 4.79 Å². The van der Waals surface area contributed by atoms with Crippen LogP contribution in [-0.4, -0.2) is 11.1 Å². The van der Waals surface area contributed by atoms with Crippen LogP contribution in [0.1, 0.15) is 38.5 Å². The summed E-state index contributed by atoms with van der Waals surface area (Å²) in [6.45, 7) is 0. The standard InChI is InChI=1S/C10H16O2/c11-10(12)3-1-2-8-6-9(8)7-4-5-7/h7-9H,1-6H2,(H,11,12)/t8-,9+/m1/s1. The van der Waals surface area contributed by atoms with Crippen LogP contribution >= 0.6 is 0 Å². The van der Waals surface area contributed by atoms with Gasteiger partial charge in [-0.3, -0.25) is 4.79 Å². The van der Waals surface area contributed by atoms with Gasteiger partial charge in [0.05, 0.1) is 0 Å². The minimum absolute atomic E-state index is 0.369. The SMILES string of the molecule is O=C(O)CCC[C@@H]1C[C@H]1C1CC1. The van der Waals surface area contributed by atoms with Crippen molar-refractivity contribution in [2.45, 2.75) is 38.5 Å². The molecular weight excluding hydrogens is 152 g/mol. The predicted molar refractivity (Wildman–Crippen MR) is 45.8 cm³/mol. The van der Waals surface area contributed by atoms with Crippen LogP contribution in [0.15, 0.2) is 0 Å². The highest BCUT2D eigenvalue weighted by Gasteiger charge is 2.46. The van der Waals surface area contributed by atoms with Crippen LogP contribution in [0.5, 0.6) is 0 Å². The molecule has 0 heterocycles. The summed E-state index contributed by atoms with van der Waals surface area (Å²) in [7, 11) is 0. The van der Waals surface area contributed by atoms with Gasteiger partial charge in [0.2, 0.25) is 0 Å². The van der Waals surface area contributed by atoms with E-state index in [1.165, 1.54) is 19.3 Å². The van der Waals surface area contributed by atoms with Crippen molar-refractivity contribution in [2.24, 2.45) is 17.8 Å². The maximum absolute atomic E-state index is 10.2. The Hall–Kier alpha value is -0.530. The maximum Gasteiger partial charge on any atom is 0.303 e. The lowest BCUT2D eigenvalue weighted by molar-refractivity contribution is -0.137. The van der Waals surface area contributed by atoms with Gasteiger partial charge in [0, 0.05) is 6.42 Å². The van der Waals surface area contributed by atoms with Crippen LogP contribution in [0.3, 0.4) is 0 Å². The highest BCUT2D eigenvalue weighted by Crippen LogP contribution is 2.56. The summed E-state index contributed by atoms with van der Waals surface area (Å²) in [5, 5.41) is 8.43. The van der Waals surface area contributed by atoms with E-state index in [2.05, 4.69) is 0 Å². The summed E-state index contributed by atoms with van der Waals surface area (Å²) in [5.74, 6) is 2.30. The Morgan fingerprint density at radius 2 is 2.17 bits per heavy atom. The fourth-order valence-electron chi connectivity index (χ4n) is 2.22. The third-order valence-electron chi connectivity index (χ3n) is 3.17. The number of hydrogen-bond donors (Lipinski definition) is 1. The Morgan fingerprint density at radius 3 is 2.75 bits per heavy atom. The molecule has 0 aromatic heterocycles. The molecule has 2 saturated carbocycles. The molecule has 0 aromatic carbocycles. The molecule has 0 unspecified atom stereocenters. The molecule has 0 spiro atoms. The first-order valence-corrected chi connectivity index (χ1v) is 4.99. The molecule has 0 aromatic rings. The van der Waals surface area contributed by atoms with Crippen molar-refractivity contribution in [1.82, 2.24) is 0 Å². The Bertz CT molecular complexity index is 184. The summed E-state index contributed by atoms with van der Waals surface area (Å²) in [6.07, 6.45) is 6.70. The highest BCUT2D eigenvalue weighted by atomic mass is 16.4. The molecular formula is C10H16O2. The normalized spacial score (nSPS) is 33.3. The fourth-order valence-corrected chi connectivity index (χ4v) is 2.22. The van der Waals surface area contributed by atoms with E-state index in [0.29, 0.717) is 6.42 Å². The summed E-state index contributed by atoms with van der Waals surface area (Å²) >= 11 is 0. The fraction of sp³-hybridized carbons (Fsp3) is 0.900. The van der Waals surface area contributed by atoms with Crippen molar-refractivity contribution in [3.05, 3.63) is 0 Å². The van der Waals surface area contributed by atoms with Crippen LogP contribution < -0.4 is 0 Å². The van der Waals surface area contributed by atoms with Crippen molar-refractivity contribution >= 4 is 5.97 Å². The molecule has 2 aliphatic carbocycles. The molecule has 2 aliphatic rings. The van der Waals surface area contributed by atoms with E-state index in [1.807, 2.05) is 0 Å². The lowest BCUT2D eigenvalue weighted by Crippen LogP contribution is -1.94. The molecule has 2 rings (SSSR count). The Kier molecular flexibility index (Phi) is 2.07. The molecule has 2 nitrogen and oxygen atoms in total. The third-order valence-corrected chi connectivity index (χ3v) is 3.17. The largest absolute Gasteiger partial charge is 0.481 e. The van der Waals surface area contributed by atoms with Crippen LogP contribution in [0.2, 0.25) is 0 Å². The van der Waals surface area contributed by atoms with Gasteiger partial charge in [-0.2, -0.15) is 0 Å². The molecule has 0 amide bonds. The molecule has 0 radical (unpaired) electrons. The molecule has 2 atom stereocenters. The average molecular weight is 168 g/mol. The average Bonchev–Trinajstić information content (AvgIpc) is 2.80. The number of aliphatic carboxylic acids is 1. The van der Waals surface area contributed by atoms with Gasteiger partial charge in [0.1, 0.15) is 0 Å². The quantitative estimate of drug-likeness (QED) is 0.683. The number of carboxylic acid groups (broad SMARTS) is 1. The van der Waals surface area contributed by atoms with Crippen molar-refractivity contribution in [3.8, 4) is 0 Å². The van der Waals surface area contributed by atoms with Crippen molar-refractivity contribution in [1.29, 1.82) is 0 Å². The summed E-state index contributed by atoms with van der Waals surface area (Å²) in [6, 6.07) is 0. The van der Waals surface area contributed by atoms with Gasteiger partial charge in [-0.05, 0) is 49.9 Å². The second-order valence-electron chi connectivity index (χ2n) is 4.28. The van der Waals surface area contributed by atoms with Gasteiger partial charge < -0.3 is 5.11 Å². The lowest BCUT2D eigenvalue weighted by atomic mass is 10.1. The zero-order chi connectivity index (χ0) is 8.55. The van der Waals surface area contributed by atoms with E-state index < -0.39 is 5.97 Å². The zero-order valence-corrected chi connectivity index (χ0v) is 7.33. The van der Waals surface area contributed by atoms with Crippen LogP contribution in [-0.2, 0) is 4.79 Å². The number of rotatable bonds is 5. The smallest absolute Gasteiger partial charge is 0.303 e. The first-order chi connectivity index (χ1) is 5.77. The summed E-state index contributed by atoms with van der Waals surface area (Å²) in [4.78, 5) is 10.2. The van der Waals surface area contributed by atoms with Crippen molar-refractivity contribution in [3.63, 3.8) is 0 Å². The number of carboxylic acids is 1. The molecule has 0 aliphatic heterocycles. The van der Waals surface area contributed by atoms with E-state index >= 15 is 0 Å². The molecule has 2 heteroatoms. The van der Waals surface area contributed by atoms with Crippen LogP contribution in [0, 0.1) is 17.8 Å². The van der Waals surface area contributed by atoms with Crippen molar-refractivity contribution in [2.75, 3.05) is 0 Å². The summed E-state index contributed by atoms with van der Waals surface area (Å²) in [5.41, 5.74) is 0. The second-order valence-corrected chi connectivity index (χ2v) is 4.28. The van der Waals surface area contributed by atoms with E-state index in [1.54, 1.807) is 0 Å². The molecule has 0 bridgehead atoms. The Balaban J connectivity index is 1.54. The van der Waals surface area contributed by atoms with Crippen LogP contribution in [0.4, 0.5) is 0 Å². The maximum atomic E-state index is 10.2. The van der Waals surface area contributed by atoms with Crippen LogP contribution in [0.25, 0.3) is 0 Å². The third kappa shape index (κ3) is 1.99. The first kappa shape index (κ1) is 8.09. The molecule has 68 valence electrons. The predicted octanol–water partition coefficient (Wildman–Crippen LogP) is 2.29. The number of hydrogen-bond acceptors (Lipinski definition) is 1. The number of carbonyl (C=O) groups is 1. The molecule has 12 heavy (non-hydrogen) atoms. The van der Waals surface area contributed by atoms with Gasteiger partial charge in [-0.1, -0.05) is 0 Å². The minimum Gasteiger partial charge on any atom is -0.481 e. The van der Waals surface area contributed by atoms with Gasteiger partial charge in [0.15, 0.2) is 0 Å². The molecule has 0 saturated heterocycles. The Labute approximate surface area is 73.0 Å². The topological polar surface area (TPSA) is 37.3 Å². The van der Waals surface area contributed by atoms with E-state index in [-0.39, 0.29) is 0 Å². The van der Waals surface area contributed by atoms with Crippen molar-refractivity contribution < 1.29 is 9.90 Å². The minimum atomic E-state index is -0.640. The van der Waals surface area contributed by atoms with Gasteiger partial charge in [0.25, 0.3) is 0 Å². The zero-order valence-electron chi connectivity index (χ0n) is 7.33. The van der Waals surface area contributed by atoms with Gasteiger partial charge >= 0.3 is 5.97 Å². The summed E-state index contributed by atoms with van der Waals surface area (Å²) < 4.78 is 0. The Morgan fingerprint density at radius 1 is 1.42 bits per heavy atom. The van der Waals surface area contributed by atoms with E-state index in [4.69, 9.17) is 5.11 Å². The second kappa shape index (κ2) is 3.08. The van der Waals surface area contributed by atoms with Gasteiger partial charge in [-0.15, -0.1) is 0 Å². The molecule has 1 N–H and O–H groups in total. The molecule has 2 fully saturated rings.